The molecule has 0 saturated heterocycles. The summed E-state index contributed by atoms with van der Waals surface area (Å²) >= 11 is 1.75. The molecular formula is C14H21NO2S. The Labute approximate surface area is 112 Å². The number of carboxylic acid groups (broad SMARTS) is 1. The molecule has 0 bridgehead atoms. The molecule has 0 aliphatic heterocycles. The first-order valence-electron chi connectivity index (χ1n) is 6.57. The second kappa shape index (κ2) is 5.85. The first kappa shape index (κ1) is 13.6. The molecule has 1 heterocycles. The molecule has 1 N–H and O–H groups in total. The van der Waals surface area contributed by atoms with Crippen LogP contribution in [0.3, 0.4) is 0 Å². The van der Waals surface area contributed by atoms with Crippen LogP contribution in [0.2, 0.25) is 0 Å². The van der Waals surface area contributed by atoms with Gasteiger partial charge in [-0.15, -0.1) is 11.3 Å². The Morgan fingerprint density at radius 3 is 2.72 bits per heavy atom. The summed E-state index contributed by atoms with van der Waals surface area (Å²) in [5.74, 6) is 0.421. The van der Waals surface area contributed by atoms with Crippen LogP contribution in [0.1, 0.15) is 37.6 Å². The quantitative estimate of drug-likeness (QED) is 0.824. The summed E-state index contributed by atoms with van der Waals surface area (Å²) in [7, 11) is 0. The lowest BCUT2D eigenvalue weighted by molar-refractivity contribution is -0.139. The van der Waals surface area contributed by atoms with Crippen LogP contribution in [0.5, 0.6) is 0 Å². The van der Waals surface area contributed by atoms with E-state index < -0.39 is 5.97 Å². The third kappa shape index (κ3) is 3.56. The van der Waals surface area contributed by atoms with Crippen molar-refractivity contribution in [1.29, 1.82) is 0 Å². The van der Waals surface area contributed by atoms with Crippen molar-refractivity contribution in [3.05, 3.63) is 22.4 Å². The van der Waals surface area contributed by atoms with E-state index in [1.807, 2.05) is 0 Å². The van der Waals surface area contributed by atoms with Gasteiger partial charge in [-0.2, -0.15) is 0 Å². The number of nitrogens with zero attached hydrogens (tertiary/aromatic N) is 1. The standard InChI is InChI=1S/C14H21NO2S/c1-10(2)8-15(9-13(16)17)14(11-5-6-11)12-4-3-7-18-12/h3-4,7,10-11,14H,5-6,8-9H2,1-2H3,(H,16,17). The number of carbonyl (C=O) groups is 1. The predicted molar refractivity (Wildman–Crippen MR) is 73.8 cm³/mol. The lowest BCUT2D eigenvalue weighted by Gasteiger charge is -2.31. The molecule has 18 heavy (non-hydrogen) atoms. The minimum Gasteiger partial charge on any atom is -0.480 e. The second-order valence-electron chi connectivity index (χ2n) is 5.51. The zero-order chi connectivity index (χ0) is 13.1. The monoisotopic (exact) mass is 267 g/mol. The molecule has 0 spiro atoms. The fourth-order valence-corrected chi connectivity index (χ4v) is 3.45. The Morgan fingerprint density at radius 1 is 1.56 bits per heavy atom. The third-order valence-electron chi connectivity index (χ3n) is 3.23. The smallest absolute Gasteiger partial charge is 0.317 e. The molecule has 1 aromatic rings. The topological polar surface area (TPSA) is 40.5 Å². The van der Waals surface area contributed by atoms with Crippen LogP contribution in [0.4, 0.5) is 0 Å². The molecule has 3 nitrogen and oxygen atoms in total. The highest BCUT2D eigenvalue weighted by atomic mass is 32.1. The highest BCUT2D eigenvalue weighted by Gasteiger charge is 2.37. The van der Waals surface area contributed by atoms with E-state index in [1.54, 1.807) is 11.3 Å². The summed E-state index contributed by atoms with van der Waals surface area (Å²) < 4.78 is 0. The first-order valence-corrected chi connectivity index (χ1v) is 7.45. The molecule has 0 amide bonds. The van der Waals surface area contributed by atoms with E-state index in [9.17, 15) is 4.79 Å². The summed E-state index contributed by atoms with van der Waals surface area (Å²) in [6.45, 7) is 5.29. The molecule has 4 heteroatoms. The van der Waals surface area contributed by atoms with Gasteiger partial charge in [-0.1, -0.05) is 19.9 Å². The zero-order valence-corrected chi connectivity index (χ0v) is 11.8. The Kier molecular flexibility index (Phi) is 4.40. The minimum absolute atomic E-state index is 0.150. The van der Waals surface area contributed by atoms with Crippen molar-refractivity contribution in [2.24, 2.45) is 11.8 Å². The van der Waals surface area contributed by atoms with Crippen LogP contribution in [0.15, 0.2) is 17.5 Å². The molecule has 1 aromatic heterocycles. The van der Waals surface area contributed by atoms with Crippen molar-refractivity contribution in [2.45, 2.75) is 32.7 Å². The number of hydrogen-bond donors (Lipinski definition) is 1. The predicted octanol–water partition coefficient (Wildman–Crippen LogP) is 3.24. The lowest BCUT2D eigenvalue weighted by atomic mass is 10.1. The van der Waals surface area contributed by atoms with Crippen molar-refractivity contribution in [1.82, 2.24) is 4.90 Å². The number of carboxylic acids is 1. The van der Waals surface area contributed by atoms with E-state index in [4.69, 9.17) is 5.11 Å². The van der Waals surface area contributed by atoms with Gasteiger partial charge in [0.25, 0.3) is 0 Å². The van der Waals surface area contributed by atoms with Crippen molar-refractivity contribution < 1.29 is 9.90 Å². The van der Waals surface area contributed by atoms with Gasteiger partial charge in [0.1, 0.15) is 0 Å². The van der Waals surface area contributed by atoms with Gasteiger partial charge >= 0.3 is 5.97 Å². The Bertz CT molecular complexity index is 385. The van der Waals surface area contributed by atoms with Gasteiger partial charge in [0, 0.05) is 17.5 Å². The Morgan fingerprint density at radius 2 is 2.28 bits per heavy atom. The molecule has 1 atom stereocenters. The molecule has 100 valence electrons. The zero-order valence-electron chi connectivity index (χ0n) is 11.0. The fourth-order valence-electron chi connectivity index (χ4n) is 2.50. The van der Waals surface area contributed by atoms with Crippen LogP contribution >= 0.6 is 11.3 Å². The molecule has 0 radical (unpaired) electrons. The van der Waals surface area contributed by atoms with Gasteiger partial charge in [-0.05, 0) is 36.1 Å². The van der Waals surface area contributed by atoms with Gasteiger partial charge in [0.2, 0.25) is 0 Å². The maximum Gasteiger partial charge on any atom is 0.317 e. The van der Waals surface area contributed by atoms with E-state index in [1.165, 1.54) is 17.7 Å². The minimum atomic E-state index is -0.724. The summed E-state index contributed by atoms with van der Waals surface area (Å²) in [4.78, 5) is 14.5. The fraction of sp³-hybridized carbons (Fsp3) is 0.643. The Hall–Kier alpha value is -0.870. The van der Waals surface area contributed by atoms with Crippen LogP contribution in [0, 0.1) is 11.8 Å². The van der Waals surface area contributed by atoms with Crippen LogP contribution < -0.4 is 0 Å². The Balaban J connectivity index is 2.16. The van der Waals surface area contributed by atoms with E-state index in [-0.39, 0.29) is 6.54 Å². The van der Waals surface area contributed by atoms with Gasteiger partial charge in [0.15, 0.2) is 0 Å². The molecule has 1 saturated carbocycles. The third-order valence-corrected chi connectivity index (χ3v) is 4.18. The number of thiophene rings is 1. The normalized spacial score (nSPS) is 17.3. The van der Waals surface area contributed by atoms with Crippen molar-refractivity contribution in [3.63, 3.8) is 0 Å². The molecular weight excluding hydrogens is 246 g/mol. The highest BCUT2D eigenvalue weighted by molar-refractivity contribution is 7.10. The highest BCUT2D eigenvalue weighted by Crippen LogP contribution is 2.45. The van der Waals surface area contributed by atoms with E-state index in [0.29, 0.717) is 17.9 Å². The maximum atomic E-state index is 11.1. The number of rotatable bonds is 7. The van der Waals surface area contributed by atoms with Crippen molar-refractivity contribution in [2.75, 3.05) is 13.1 Å². The summed E-state index contributed by atoms with van der Waals surface area (Å²) in [6, 6.07) is 4.51. The van der Waals surface area contributed by atoms with E-state index in [0.717, 1.165) is 6.54 Å². The van der Waals surface area contributed by atoms with Gasteiger partial charge in [-0.25, -0.2) is 0 Å². The van der Waals surface area contributed by atoms with Crippen molar-refractivity contribution >= 4 is 17.3 Å². The number of hydrogen-bond acceptors (Lipinski definition) is 3. The maximum absolute atomic E-state index is 11.1. The van der Waals surface area contributed by atoms with Gasteiger partial charge in [0.05, 0.1) is 6.54 Å². The summed E-state index contributed by atoms with van der Waals surface area (Å²) in [5, 5.41) is 11.2. The average molecular weight is 267 g/mol. The molecule has 1 aliphatic carbocycles. The molecule has 2 rings (SSSR count). The van der Waals surface area contributed by atoms with Gasteiger partial charge < -0.3 is 5.11 Å². The molecule has 1 aliphatic rings. The average Bonchev–Trinajstić information content (AvgIpc) is 2.92. The first-order chi connectivity index (χ1) is 8.58. The SMILES string of the molecule is CC(C)CN(CC(=O)O)C(c1cccs1)C1CC1. The molecule has 0 aromatic carbocycles. The molecule has 1 unspecified atom stereocenters. The lowest BCUT2D eigenvalue weighted by Crippen LogP contribution is -2.37. The summed E-state index contributed by atoms with van der Waals surface area (Å²) in [5.41, 5.74) is 0. The summed E-state index contributed by atoms with van der Waals surface area (Å²) in [6.07, 6.45) is 2.47. The van der Waals surface area contributed by atoms with Crippen LogP contribution in [0.25, 0.3) is 0 Å². The van der Waals surface area contributed by atoms with E-state index >= 15 is 0 Å². The van der Waals surface area contributed by atoms with Crippen LogP contribution in [-0.2, 0) is 4.79 Å². The largest absolute Gasteiger partial charge is 0.480 e. The van der Waals surface area contributed by atoms with Crippen molar-refractivity contribution in [3.8, 4) is 0 Å². The van der Waals surface area contributed by atoms with Crippen LogP contribution in [-0.4, -0.2) is 29.1 Å². The van der Waals surface area contributed by atoms with Gasteiger partial charge in [-0.3, -0.25) is 9.69 Å². The number of aliphatic carboxylic acids is 1. The molecule has 1 fully saturated rings. The second-order valence-corrected chi connectivity index (χ2v) is 6.49. The van der Waals surface area contributed by atoms with E-state index in [2.05, 4.69) is 36.3 Å².